The molecule has 10 heteroatoms. The molecule has 3 aromatic carbocycles. The number of ether oxygens (including phenoxy) is 2. The maximum atomic E-state index is 13.8. The van der Waals surface area contributed by atoms with Crippen LogP contribution in [0.4, 0.5) is 5.69 Å². The normalized spacial score (nSPS) is 11.5. The van der Waals surface area contributed by atoms with Gasteiger partial charge in [0, 0.05) is 22.5 Å². The van der Waals surface area contributed by atoms with Crippen LogP contribution in [0.3, 0.4) is 0 Å². The minimum absolute atomic E-state index is 0.0854. The van der Waals surface area contributed by atoms with E-state index in [2.05, 4.69) is 18.9 Å². The Balaban J connectivity index is 1.70. The summed E-state index contributed by atoms with van der Waals surface area (Å²) in [5.74, 6) is 1.74. The summed E-state index contributed by atoms with van der Waals surface area (Å²) in [7, 11) is 3.11. The number of methoxy groups -OCH3 is 2. The third kappa shape index (κ3) is 5.27. The molecule has 10 nitrogen and oxygen atoms in total. The van der Waals surface area contributed by atoms with Gasteiger partial charge in [-0.2, -0.15) is 9.78 Å². The first-order chi connectivity index (χ1) is 20.5. The van der Waals surface area contributed by atoms with E-state index in [0.717, 1.165) is 33.8 Å². The topological polar surface area (TPSA) is 114 Å². The Kier molecular flexibility index (Phi) is 7.86. The lowest BCUT2D eigenvalue weighted by atomic mass is 9.96. The second-order valence-electron chi connectivity index (χ2n) is 10.7. The van der Waals surface area contributed by atoms with Crippen LogP contribution < -0.4 is 15.0 Å². The van der Waals surface area contributed by atoms with Crippen molar-refractivity contribution < 1.29 is 14.4 Å². The van der Waals surface area contributed by atoms with Crippen molar-refractivity contribution in [3.05, 3.63) is 109 Å². The summed E-state index contributed by atoms with van der Waals surface area (Å²) in [5, 5.41) is 17.0. The highest BCUT2D eigenvalue weighted by atomic mass is 16.6. The fourth-order valence-electron chi connectivity index (χ4n) is 5.35. The van der Waals surface area contributed by atoms with Gasteiger partial charge in [0.1, 0.15) is 17.2 Å². The Morgan fingerprint density at radius 3 is 2.42 bits per heavy atom. The molecule has 0 fully saturated rings. The Labute approximate surface area is 249 Å². The molecule has 0 aliphatic heterocycles. The Morgan fingerprint density at radius 2 is 1.74 bits per heavy atom. The number of nitrogens with zero attached hydrogens (tertiary/aromatic N) is 5. The molecule has 0 radical (unpaired) electrons. The molecule has 43 heavy (non-hydrogen) atoms. The van der Waals surface area contributed by atoms with Crippen molar-refractivity contribution in [2.45, 2.75) is 40.5 Å². The molecule has 220 valence electrons. The lowest BCUT2D eigenvalue weighted by Gasteiger charge is -2.17. The Bertz CT molecular complexity index is 1970. The second-order valence-corrected chi connectivity index (χ2v) is 10.7. The minimum Gasteiger partial charge on any atom is -0.496 e. The first kappa shape index (κ1) is 29.2. The number of rotatable bonds is 8. The van der Waals surface area contributed by atoms with Crippen LogP contribution in [0, 0.1) is 30.9 Å². The van der Waals surface area contributed by atoms with Gasteiger partial charge in [0.2, 0.25) is 0 Å². The van der Waals surface area contributed by atoms with Gasteiger partial charge in [-0.05, 0) is 80.3 Å². The fourth-order valence-corrected chi connectivity index (χ4v) is 5.35. The first-order valence-electron chi connectivity index (χ1n) is 13.8. The van der Waals surface area contributed by atoms with Crippen LogP contribution in [0.1, 0.15) is 47.8 Å². The van der Waals surface area contributed by atoms with Crippen LogP contribution >= 0.6 is 0 Å². The largest absolute Gasteiger partial charge is 0.496 e. The van der Waals surface area contributed by atoms with E-state index in [1.807, 2.05) is 51.1 Å². The van der Waals surface area contributed by atoms with Gasteiger partial charge in [0.05, 0.1) is 42.3 Å². The number of aromatic nitrogens is 3. The molecule has 0 aliphatic carbocycles. The third-order valence-corrected chi connectivity index (χ3v) is 7.60. The molecule has 2 heterocycles. The molecule has 0 N–H and O–H groups in total. The van der Waals surface area contributed by atoms with E-state index in [-0.39, 0.29) is 17.2 Å². The molecule has 0 unspecified atom stereocenters. The number of nitro groups is 1. The van der Waals surface area contributed by atoms with E-state index in [1.54, 1.807) is 42.2 Å². The van der Waals surface area contributed by atoms with E-state index in [1.165, 1.54) is 17.9 Å². The van der Waals surface area contributed by atoms with Crippen LogP contribution in [-0.2, 0) is 0 Å². The van der Waals surface area contributed by atoms with E-state index < -0.39 is 4.92 Å². The summed E-state index contributed by atoms with van der Waals surface area (Å²) in [6.07, 6.45) is 1.59. The van der Waals surface area contributed by atoms with Crippen molar-refractivity contribution in [2.24, 2.45) is 5.10 Å². The molecular formula is C33H33N5O5. The lowest BCUT2D eigenvalue weighted by molar-refractivity contribution is -0.384. The standard InChI is InChI=1S/C33H33N5O5/c1-19(2)26-17-27(20(3)14-31(26)43-7)32-35-28-11-9-8-10-25(28)33(39)37(32)34-18-23-15-21(4)36(22(23)5)29-13-12-24(42-6)16-30(29)38(40)41/h8-19H,1-7H3. The summed E-state index contributed by atoms with van der Waals surface area (Å²) >= 11 is 0. The van der Waals surface area contributed by atoms with E-state index in [4.69, 9.17) is 14.5 Å². The molecule has 0 amide bonds. The van der Waals surface area contributed by atoms with Crippen LogP contribution in [-0.4, -0.2) is 39.6 Å². The quantitative estimate of drug-likeness (QED) is 0.115. The molecule has 0 bridgehead atoms. The fraction of sp³-hybridized carbons (Fsp3) is 0.242. The monoisotopic (exact) mass is 579 g/mol. The predicted molar refractivity (Wildman–Crippen MR) is 168 cm³/mol. The van der Waals surface area contributed by atoms with Gasteiger partial charge in [-0.25, -0.2) is 4.98 Å². The van der Waals surface area contributed by atoms with Crippen LogP contribution in [0.25, 0.3) is 28.0 Å². The second kappa shape index (κ2) is 11.6. The number of aryl methyl sites for hydroxylation is 2. The molecular weight excluding hydrogens is 546 g/mol. The Hall–Kier alpha value is -5.25. The van der Waals surface area contributed by atoms with E-state index in [0.29, 0.717) is 33.7 Å². The van der Waals surface area contributed by atoms with Gasteiger partial charge in [0.15, 0.2) is 5.82 Å². The number of fused-ring (bicyclic) bond motifs is 1. The smallest absolute Gasteiger partial charge is 0.296 e. The number of para-hydroxylation sites is 1. The van der Waals surface area contributed by atoms with Gasteiger partial charge < -0.3 is 14.0 Å². The summed E-state index contributed by atoms with van der Waals surface area (Å²) in [6, 6.07) is 17.8. The molecule has 2 aromatic heterocycles. The van der Waals surface area contributed by atoms with Crippen LogP contribution in [0.5, 0.6) is 11.5 Å². The molecule has 0 spiro atoms. The van der Waals surface area contributed by atoms with Crippen molar-refractivity contribution in [1.82, 2.24) is 14.2 Å². The zero-order chi connectivity index (χ0) is 31.0. The number of benzene rings is 3. The number of hydrogen-bond donors (Lipinski definition) is 0. The van der Waals surface area contributed by atoms with Crippen LogP contribution in [0.2, 0.25) is 0 Å². The highest BCUT2D eigenvalue weighted by Crippen LogP contribution is 2.34. The zero-order valence-electron chi connectivity index (χ0n) is 25.2. The molecule has 0 atom stereocenters. The van der Waals surface area contributed by atoms with Gasteiger partial charge in [0.25, 0.3) is 11.2 Å². The van der Waals surface area contributed by atoms with Crippen molar-refractivity contribution in [2.75, 3.05) is 14.2 Å². The summed E-state index contributed by atoms with van der Waals surface area (Å²) in [4.78, 5) is 30.2. The van der Waals surface area contributed by atoms with Gasteiger partial charge >= 0.3 is 0 Å². The third-order valence-electron chi connectivity index (χ3n) is 7.60. The highest BCUT2D eigenvalue weighted by Gasteiger charge is 2.22. The zero-order valence-corrected chi connectivity index (χ0v) is 25.2. The summed E-state index contributed by atoms with van der Waals surface area (Å²) < 4.78 is 14.0. The maximum absolute atomic E-state index is 13.8. The first-order valence-corrected chi connectivity index (χ1v) is 13.8. The molecule has 5 aromatic rings. The van der Waals surface area contributed by atoms with E-state index in [9.17, 15) is 14.9 Å². The number of hydrogen-bond acceptors (Lipinski definition) is 7. The van der Waals surface area contributed by atoms with Gasteiger partial charge in [-0.15, -0.1) is 0 Å². The Morgan fingerprint density at radius 1 is 1.00 bits per heavy atom. The summed E-state index contributed by atoms with van der Waals surface area (Å²) in [5.41, 5.74) is 5.41. The molecule has 0 saturated carbocycles. The van der Waals surface area contributed by atoms with Crippen LogP contribution in [0.15, 0.2) is 70.6 Å². The molecule has 0 saturated heterocycles. The van der Waals surface area contributed by atoms with Gasteiger partial charge in [-0.3, -0.25) is 14.9 Å². The highest BCUT2D eigenvalue weighted by molar-refractivity contribution is 5.84. The van der Waals surface area contributed by atoms with Crippen molar-refractivity contribution >= 4 is 22.8 Å². The average Bonchev–Trinajstić information content (AvgIpc) is 3.27. The lowest BCUT2D eigenvalue weighted by Crippen LogP contribution is -2.21. The van der Waals surface area contributed by atoms with Gasteiger partial charge in [-0.1, -0.05) is 26.0 Å². The SMILES string of the molecule is COc1ccc(-n2c(C)cc(C=Nn3c(-c4cc(C(C)C)c(OC)cc4C)nc4ccccc4c3=O)c2C)c([N+](=O)[O-])c1. The number of nitro benzene ring substituents is 1. The minimum atomic E-state index is -0.431. The van der Waals surface area contributed by atoms with Crippen molar-refractivity contribution in [3.8, 4) is 28.6 Å². The maximum Gasteiger partial charge on any atom is 0.296 e. The molecule has 0 aliphatic rings. The predicted octanol–water partition coefficient (Wildman–Crippen LogP) is 6.71. The van der Waals surface area contributed by atoms with E-state index >= 15 is 0 Å². The summed E-state index contributed by atoms with van der Waals surface area (Å²) in [6.45, 7) is 9.83. The average molecular weight is 580 g/mol. The van der Waals surface area contributed by atoms with Crippen molar-refractivity contribution in [1.29, 1.82) is 0 Å². The van der Waals surface area contributed by atoms with Crippen molar-refractivity contribution in [3.63, 3.8) is 0 Å². The molecule has 5 rings (SSSR count).